The van der Waals surface area contributed by atoms with Crippen LogP contribution >= 0.6 is 0 Å². The Hall–Kier alpha value is -0.620. The van der Waals surface area contributed by atoms with E-state index >= 15 is 0 Å². The fourth-order valence-electron chi connectivity index (χ4n) is 1.84. The van der Waals surface area contributed by atoms with Gasteiger partial charge in [0.2, 0.25) is 10.0 Å². The maximum Gasteiger partial charge on any atom is 0.324 e. The van der Waals surface area contributed by atoms with Crippen LogP contribution in [0.15, 0.2) is 0 Å². The van der Waals surface area contributed by atoms with E-state index in [1.54, 1.807) is 0 Å². The number of carbonyl (C=O) groups excluding carboxylic acids is 1. The van der Waals surface area contributed by atoms with Gasteiger partial charge < -0.3 is 4.74 Å². The van der Waals surface area contributed by atoms with E-state index in [2.05, 4.69) is 0 Å². The van der Waals surface area contributed by atoms with Crippen molar-refractivity contribution in [2.75, 3.05) is 19.4 Å². The molecule has 0 bridgehead atoms. The highest BCUT2D eigenvalue weighted by Crippen LogP contribution is 2.20. The van der Waals surface area contributed by atoms with Gasteiger partial charge in [0.25, 0.3) is 0 Å². The van der Waals surface area contributed by atoms with Gasteiger partial charge in [-0.25, -0.2) is 8.42 Å². The Morgan fingerprint density at radius 2 is 2.12 bits per heavy atom. The summed E-state index contributed by atoms with van der Waals surface area (Å²) in [5, 5.41) is 0. The fourth-order valence-corrected chi connectivity index (χ4v) is 2.95. The third kappa shape index (κ3) is 3.45. The first-order valence-electron chi connectivity index (χ1n) is 5.60. The monoisotopic (exact) mass is 249 g/mol. The second-order valence-corrected chi connectivity index (χ2v) is 5.99. The van der Waals surface area contributed by atoms with Crippen LogP contribution in [0.2, 0.25) is 0 Å². The lowest BCUT2D eigenvalue weighted by Crippen LogP contribution is -2.48. The summed E-state index contributed by atoms with van der Waals surface area (Å²) in [4.78, 5) is 11.7. The van der Waals surface area contributed by atoms with Crippen molar-refractivity contribution in [1.82, 2.24) is 4.31 Å². The van der Waals surface area contributed by atoms with Crippen molar-refractivity contribution in [3.8, 4) is 0 Å². The van der Waals surface area contributed by atoms with Crippen LogP contribution in [0.25, 0.3) is 0 Å². The van der Waals surface area contributed by atoms with Crippen molar-refractivity contribution < 1.29 is 17.9 Å². The minimum atomic E-state index is -3.31. The minimum Gasteiger partial charge on any atom is -0.465 e. The number of carbonyl (C=O) groups is 1. The number of sulfonamides is 1. The molecule has 6 heteroatoms. The first-order chi connectivity index (χ1) is 7.46. The van der Waals surface area contributed by atoms with E-state index < -0.39 is 22.0 Å². The average molecular weight is 249 g/mol. The van der Waals surface area contributed by atoms with E-state index in [0.717, 1.165) is 25.5 Å². The van der Waals surface area contributed by atoms with Crippen molar-refractivity contribution in [2.24, 2.45) is 0 Å². The van der Waals surface area contributed by atoms with Crippen LogP contribution in [0.4, 0.5) is 0 Å². The molecule has 0 radical (unpaired) electrons. The average Bonchev–Trinajstić information content (AvgIpc) is 2.24. The van der Waals surface area contributed by atoms with Gasteiger partial charge in [0.1, 0.15) is 6.04 Å². The Morgan fingerprint density at radius 1 is 1.44 bits per heavy atom. The number of hydrogen-bond donors (Lipinski definition) is 0. The highest BCUT2D eigenvalue weighted by Gasteiger charge is 2.35. The molecule has 1 saturated heterocycles. The zero-order chi connectivity index (χ0) is 12.2. The second-order valence-electron chi connectivity index (χ2n) is 4.05. The molecule has 1 aliphatic heterocycles. The van der Waals surface area contributed by atoms with Gasteiger partial charge in [-0.3, -0.25) is 4.79 Å². The number of nitrogens with zero attached hydrogens (tertiary/aromatic N) is 1. The summed E-state index contributed by atoms with van der Waals surface area (Å²) in [6, 6.07) is -0.615. The SMILES string of the molecule is CCCOC(=O)C1CCCCN1S(C)(=O)=O. The molecule has 1 fully saturated rings. The third-order valence-electron chi connectivity index (χ3n) is 2.60. The Balaban J connectivity index is 2.71. The highest BCUT2D eigenvalue weighted by molar-refractivity contribution is 7.88. The van der Waals surface area contributed by atoms with Crippen LogP contribution in [0.5, 0.6) is 0 Å². The van der Waals surface area contributed by atoms with Gasteiger partial charge >= 0.3 is 5.97 Å². The Bertz CT molecular complexity index is 339. The number of esters is 1. The van der Waals surface area contributed by atoms with Crippen LogP contribution < -0.4 is 0 Å². The van der Waals surface area contributed by atoms with Crippen molar-refractivity contribution in [1.29, 1.82) is 0 Å². The van der Waals surface area contributed by atoms with E-state index in [1.165, 1.54) is 4.31 Å². The summed E-state index contributed by atoms with van der Waals surface area (Å²) in [7, 11) is -3.31. The van der Waals surface area contributed by atoms with Gasteiger partial charge in [0.15, 0.2) is 0 Å². The molecule has 5 nitrogen and oxygen atoms in total. The molecule has 0 N–H and O–H groups in total. The van der Waals surface area contributed by atoms with Crippen LogP contribution in [-0.2, 0) is 19.6 Å². The maximum atomic E-state index is 11.7. The van der Waals surface area contributed by atoms with Crippen molar-refractivity contribution in [3.63, 3.8) is 0 Å². The van der Waals surface area contributed by atoms with Gasteiger partial charge in [0.05, 0.1) is 12.9 Å². The first-order valence-corrected chi connectivity index (χ1v) is 7.45. The maximum absolute atomic E-state index is 11.7. The van der Waals surface area contributed by atoms with Gasteiger partial charge in [-0.15, -0.1) is 0 Å². The summed E-state index contributed by atoms with van der Waals surface area (Å²) >= 11 is 0. The van der Waals surface area contributed by atoms with Gasteiger partial charge in [-0.1, -0.05) is 6.92 Å². The number of hydrogen-bond acceptors (Lipinski definition) is 4. The summed E-state index contributed by atoms with van der Waals surface area (Å²) in [6.45, 7) is 2.68. The summed E-state index contributed by atoms with van der Waals surface area (Å²) < 4.78 is 29.3. The second kappa shape index (κ2) is 5.63. The Morgan fingerprint density at radius 3 is 2.69 bits per heavy atom. The molecule has 1 aliphatic rings. The molecule has 16 heavy (non-hydrogen) atoms. The minimum absolute atomic E-state index is 0.354. The number of rotatable bonds is 4. The zero-order valence-electron chi connectivity index (χ0n) is 9.81. The quantitative estimate of drug-likeness (QED) is 0.690. The molecule has 0 amide bonds. The zero-order valence-corrected chi connectivity index (χ0v) is 10.6. The molecule has 0 aliphatic carbocycles. The number of ether oxygens (including phenoxy) is 1. The summed E-state index contributed by atoms with van der Waals surface area (Å²) in [5.41, 5.74) is 0. The fraction of sp³-hybridized carbons (Fsp3) is 0.900. The molecule has 1 atom stereocenters. The van der Waals surface area contributed by atoms with E-state index in [1.807, 2.05) is 6.92 Å². The van der Waals surface area contributed by atoms with Crippen molar-refractivity contribution in [3.05, 3.63) is 0 Å². The van der Waals surface area contributed by atoms with E-state index in [-0.39, 0.29) is 0 Å². The Kier molecular flexibility index (Phi) is 4.73. The highest BCUT2D eigenvalue weighted by atomic mass is 32.2. The molecule has 0 spiro atoms. The largest absolute Gasteiger partial charge is 0.465 e. The molecular formula is C10H19NO4S. The lowest BCUT2D eigenvalue weighted by molar-refractivity contribution is -0.149. The smallest absolute Gasteiger partial charge is 0.324 e. The standard InChI is InChI=1S/C10H19NO4S/c1-3-8-15-10(12)9-6-4-5-7-11(9)16(2,13)14/h9H,3-8H2,1-2H3. The van der Waals surface area contributed by atoms with Crippen molar-refractivity contribution in [2.45, 2.75) is 38.6 Å². The first kappa shape index (κ1) is 13.4. The molecular weight excluding hydrogens is 230 g/mol. The van der Waals surface area contributed by atoms with Gasteiger partial charge in [-0.05, 0) is 25.7 Å². The van der Waals surface area contributed by atoms with Crippen LogP contribution in [-0.4, -0.2) is 44.1 Å². The molecule has 0 aromatic carbocycles. The molecule has 1 heterocycles. The molecule has 1 rings (SSSR count). The lowest BCUT2D eigenvalue weighted by Gasteiger charge is -2.31. The lowest BCUT2D eigenvalue weighted by atomic mass is 10.1. The van der Waals surface area contributed by atoms with Crippen LogP contribution in [0.1, 0.15) is 32.6 Å². The number of piperidine rings is 1. The summed E-state index contributed by atoms with van der Waals surface area (Å²) in [6.07, 6.45) is 4.13. The van der Waals surface area contributed by atoms with Crippen LogP contribution in [0, 0.1) is 0 Å². The van der Waals surface area contributed by atoms with Crippen molar-refractivity contribution >= 4 is 16.0 Å². The summed E-state index contributed by atoms with van der Waals surface area (Å²) in [5.74, 6) is -0.410. The molecule has 0 saturated carbocycles. The topological polar surface area (TPSA) is 63.7 Å². The van der Waals surface area contributed by atoms with Crippen LogP contribution in [0.3, 0.4) is 0 Å². The predicted octanol–water partition coefficient (Wildman–Crippen LogP) is 0.754. The molecule has 1 unspecified atom stereocenters. The molecule has 94 valence electrons. The van der Waals surface area contributed by atoms with Gasteiger partial charge in [-0.2, -0.15) is 4.31 Å². The third-order valence-corrected chi connectivity index (χ3v) is 3.89. The molecule has 0 aromatic heterocycles. The van der Waals surface area contributed by atoms with Gasteiger partial charge in [0, 0.05) is 6.54 Å². The Labute approximate surface area is 96.8 Å². The normalized spacial score (nSPS) is 23.0. The van der Waals surface area contributed by atoms with E-state index in [0.29, 0.717) is 19.6 Å². The predicted molar refractivity (Wildman–Crippen MR) is 60.4 cm³/mol. The molecule has 0 aromatic rings. The van der Waals surface area contributed by atoms with E-state index in [9.17, 15) is 13.2 Å². The van der Waals surface area contributed by atoms with E-state index in [4.69, 9.17) is 4.74 Å².